The van der Waals surface area contributed by atoms with E-state index in [1.165, 1.54) is 19.4 Å². The van der Waals surface area contributed by atoms with Crippen molar-refractivity contribution < 1.29 is 76.4 Å². The van der Waals surface area contributed by atoms with Crippen LogP contribution in [0.2, 0.25) is 0 Å². The first-order valence-corrected chi connectivity index (χ1v) is 19.2. The lowest BCUT2D eigenvalue weighted by Gasteiger charge is -2.27. The zero-order valence-electron chi connectivity index (χ0n) is 34.8. The minimum absolute atomic E-state index is 0.0492. The van der Waals surface area contributed by atoms with Crippen LogP contribution in [-0.4, -0.2) is 139 Å². The Morgan fingerprint density at radius 1 is 0.708 bits per heavy atom. The SMILES string of the molecule is CC(=O)N[C@@H](CC(=O)O)C(=O)N[C@@H](C)C(=O)N[C@@H](CCC(=O)O)C(=O)N[C@@H](Cc1ccccc1)C(=O)N[C@@H](CCCN=C(N)N)C(=O)N[C@@H](Cc1cnc[nH]1)C(N)=O.O=C(O)C(F)(F)F. The van der Waals surface area contributed by atoms with Gasteiger partial charge in [-0.2, -0.15) is 13.2 Å². The lowest BCUT2D eigenvalue weighted by atomic mass is 10.0. The number of halogens is 3. The number of guanidine groups is 1. The summed E-state index contributed by atoms with van der Waals surface area (Å²) in [5, 5.41) is 40.0. The Labute approximate surface area is 367 Å². The molecule has 0 aliphatic heterocycles. The number of alkyl halides is 3. The van der Waals surface area contributed by atoms with Crippen molar-refractivity contribution >= 4 is 65.2 Å². The van der Waals surface area contributed by atoms with Crippen molar-refractivity contribution in [2.45, 2.75) is 101 Å². The highest BCUT2D eigenvalue weighted by Crippen LogP contribution is 2.13. The summed E-state index contributed by atoms with van der Waals surface area (Å²) in [6.07, 6.45) is -4.24. The number of aliphatic imine (C=N–C) groups is 1. The highest BCUT2D eigenvalue weighted by Gasteiger charge is 2.38. The number of hydrogen-bond donors (Lipinski definition) is 13. The van der Waals surface area contributed by atoms with Crippen molar-refractivity contribution in [1.29, 1.82) is 0 Å². The van der Waals surface area contributed by atoms with Gasteiger partial charge in [-0.3, -0.25) is 48.1 Å². The second kappa shape index (κ2) is 27.3. The molecule has 0 saturated carbocycles. The van der Waals surface area contributed by atoms with Gasteiger partial charge in [-0.05, 0) is 31.7 Å². The van der Waals surface area contributed by atoms with E-state index in [2.05, 4.69) is 46.9 Å². The predicted molar refractivity (Wildman–Crippen MR) is 217 cm³/mol. The fraction of sp³-hybridized carbons (Fsp3) is 0.459. The molecule has 1 aromatic heterocycles. The number of aromatic amines is 1. The number of amides is 7. The third kappa shape index (κ3) is 22.7. The average molecular weight is 929 g/mol. The van der Waals surface area contributed by atoms with E-state index in [0.29, 0.717) is 11.3 Å². The normalized spacial score (nSPS) is 13.5. The van der Waals surface area contributed by atoms with Crippen molar-refractivity contribution in [1.82, 2.24) is 41.9 Å². The highest BCUT2D eigenvalue weighted by molar-refractivity contribution is 5.97. The van der Waals surface area contributed by atoms with Gasteiger partial charge in [-0.15, -0.1) is 0 Å². The molecule has 65 heavy (non-hydrogen) atoms. The van der Waals surface area contributed by atoms with Gasteiger partial charge in [0.1, 0.15) is 36.3 Å². The van der Waals surface area contributed by atoms with Crippen LogP contribution >= 0.6 is 0 Å². The minimum Gasteiger partial charge on any atom is -0.481 e. The Bertz CT molecular complexity index is 1980. The number of H-pyrrole nitrogens is 1. The molecule has 0 saturated heterocycles. The molecule has 358 valence electrons. The lowest BCUT2D eigenvalue weighted by molar-refractivity contribution is -0.192. The van der Waals surface area contributed by atoms with E-state index in [1.807, 2.05) is 0 Å². The molecule has 0 unspecified atom stereocenters. The summed E-state index contributed by atoms with van der Waals surface area (Å²) in [7, 11) is 0. The molecule has 1 aromatic carbocycles. The summed E-state index contributed by atoms with van der Waals surface area (Å²) in [6, 6.07) is -0.143. The monoisotopic (exact) mass is 928 g/mol. The number of nitrogens with two attached hydrogens (primary N) is 3. The molecule has 7 amide bonds. The molecule has 0 aliphatic rings. The molecule has 2 rings (SSSR count). The van der Waals surface area contributed by atoms with E-state index in [4.69, 9.17) is 32.2 Å². The Kier molecular flexibility index (Phi) is 23.2. The van der Waals surface area contributed by atoms with Gasteiger partial charge >= 0.3 is 24.1 Å². The molecule has 0 fully saturated rings. The predicted octanol–water partition coefficient (Wildman–Crippen LogP) is -3.34. The first-order chi connectivity index (χ1) is 30.3. The fourth-order valence-corrected chi connectivity index (χ4v) is 5.33. The average Bonchev–Trinajstić information content (AvgIpc) is 3.72. The number of nitrogens with zero attached hydrogens (tertiary/aromatic N) is 2. The van der Waals surface area contributed by atoms with Crippen molar-refractivity contribution in [3.63, 3.8) is 0 Å². The maximum absolute atomic E-state index is 14.0. The zero-order valence-corrected chi connectivity index (χ0v) is 34.8. The summed E-state index contributed by atoms with van der Waals surface area (Å²) in [6.45, 7) is 2.33. The first kappa shape index (κ1) is 55.2. The number of carbonyl (C=O) groups excluding carboxylic acids is 7. The number of benzene rings is 1. The standard InChI is InChI=1S/C35H50N12O11.C2HF3O2/c1-18(42-33(57)26(15-28(51)52)43-19(2)48)30(54)44-23(10-11-27(49)50)32(56)47-25(13-20-7-4-3-5-8-20)34(58)45-22(9-6-12-40-35(37)38)31(55)46-24(29(36)53)14-21-16-39-17-41-21;3-2(4,5)1(6)7/h3-5,7-8,16-18,22-26H,6,9-15H2,1-2H3,(H2,36,53)(H,39,41)(H,42,57)(H,43,48)(H,44,54)(H,45,58)(H,46,55)(H,47,56)(H,49,50)(H,51,52)(H4,37,38,40);(H,6,7)/t18-,22-,23-,24-,25-,26-;/m0./s1. The van der Waals surface area contributed by atoms with Gasteiger partial charge in [0.25, 0.3) is 0 Å². The van der Waals surface area contributed by atoms with Crippen LogP contribution in [0.3, 0.4) is 0 Å². The van der Waals surface area contributed by atoms with Crippen molar-refractivity contribution in [2.24, 2.45) is 22.2 Å². The van der Waals surface area contributed by atoms with Crippen LogP contribution in [0.25, 0.3) is 0 Å². The number of carboxylic acid groups (broad SMARTS) is 3. The van der Waals surface area contributed by atoms with E-state index in [0.717, 1.165) is 6.92 Å². The Balaban J connectivity index is 0.00000277. The number of carbonyl (C=O) groups is 10. The van der Waals surface area contributed by atoms with Crippen LogP contribution in [0.15, 0.2) is 47.8 Å². The number of nitrogens with one attached hydrogen (secondary N) is 7. The van der Waals surface area contributed by atoms with Crippen LogP contribution in [0.1, 0.15) is 57.2 Å². The molecule has 16 N–H and O–H groups in total. The molecular formula is C37H51F3N12O13. The van der Waals surface area contributed by atoms with Crippen LogP contribution in [0, 0.1) is 0 Å². The third-order valence-corrected chi connectivity index (χ3v) is 8.48. The molecule has 28 heteroatoms. The molecule has 0 aliphatic carbocycles. The molecule has 2 aromatic rings. The van der Waals surface area contributed by atoms with Gasteiger partial charge in [-0.25, -0.2) is 9.78 Å². The van der Waals surface area contributed by atoms with E-state index >= 15 is 0 Å². The zero-order chi connectivity index (χ0) is 49.4. The van der Waals surface area contributed by atoms with E-state index in [1.54, 1.807) is 30.3 Å². The van der Waals surface area contributed by atoms with Gasteiger partial charge in [0.15, 0.2) is 5.96 Å². The Morgan fingerprint density at radius 3 is 1.72 bits per heavy atom. The number of carboxylic acids is 3. The molecule has 6 atom stereocenters. The number of imidazole rings is 1. The second-order valence-electron chi connectivity index (χ2n) is 13.9. The maximum atomic E-state index is 14.0. The van der Waals surface area contributed by atoms with Gasteiger partial charge in [0, 0.05) is 44.6 Å². The largest absolute Gasteiger partial charge is 0.490 e. The molecule has 0 radical (unpaired) electrons. The third-order valence-electron chi connectivity index (χ3n) is 8.48. The quantitative estimate of drug-likeness (QED) is 0.0263. The minimum atomic E-state index is -5.08. The summed E-state index contributed by atoms with van der Waals surface area (Å²) in [4.78, 5) is 133. The number of rotatable bonds is 25. The highest BCUT2D eigenvalue weighted by atomic mass is 19.4. The van der Waals surface area contributed by atoms with Gasteiger partial charge in [-0.1, -0.05) is 30.3 Å². The van der Waals surface area contributed by atoms with Crippen LogP contribution < -0.4 is 49.1 Å². The van der Waals surface area contributed by atoms with Crippen LogP contribution in [0.4, 0.5) is 13.2 Å². The first-order valence-electron chi connectivity index (χ1n) is 19.2. The number of aliphatic carboxylic acids is 3. The van der Waals surface area contributed by atoms with Crippen molar-refractivity contribution in [3.8, 4) is 0 Å². The molecule has 25 nitrogen and oxygen atoms in total. The summed E-state index contributed by atoms with van der Waals surface area (Å²) in [5.74, 6) is -12.0. The Morgan fingerprint density at radius 2 is 1.23 bits per heavy atom. The summed E-state index contributed by atoms with van der Waals surface area (Å²) in [5.41, 5.74) is 17.4. The van der Waals surface area contributed by atoms with E-state index < -0.39 is 121 Å². The molecule has 1 heterocycles. The lowest BCUT2D eigenvalue weighted by Crippen LogP contribution is -2.60. The van der Waals surface area contributed by atoms with Gasteiger partial charge in [0.2, 0.25) is 41.4 Å². The second-order valence-corrected chi connectivity index (χ2v) is 13.9. The number of primary amides is 1. The van der Waals surface area contributed by atoms with Gasteiger partial charge in [0.05, 0.1) is 12.7 Å². The molecular weight excluding hydrogens is 877 g/mol. The summed E-state index contributed by atoms with van der Waals surface area (Å²) >= 11 is 0. The fourth-order valence-electron chi connectivity index (χ4n) is 5.33. The van der Waals surface area contributed by atoms with E-state index in [-0.39, 0.29) is 38.2 Å². The van der Waals surface area contributed by atoms with Crippen LogP contribution in [-0.2, 0) is 60.8 Å². The topological polar surface area (TPSA) is 423 Å². The smallest absolute Gasteiger partial charge is 0.481 e. The van der Waals surface area contributed by atoms with Crippen molar-refractivity contribution in [3.05, 3.63) is 54.1 Å². The van der Waals surface area contributed by atoms with Gasteiger partial charge < -0.3 is 69.4 Å². The van der Waals surface area contributed by atoms with Crippen LogP contribution in [0.5, 0.6) is 0 Å². The Hall–Kier alpha value is -7.81. The van der Waals surface area contributed by atoms with Crippen molar-refractivity contribution in [2.75, 3.05) is 6.54 Å². The molecule has 0 bridgehead atoms. The maximum Gasteiger partial charge on any atom is 0.490 e. The number of aromatic nitrogens is 2. The van der Waals surface area contributed by atoms with E-state index in [9.17, 15) is 61.4 Å². The summed E-state index contributed by atoms with van der Waals surface area (Å²) < 4.78 is 31.7. The number of hydrogen-bond acceptors (Lipinski definition) is 12. The molecule has 0 spiro atoms.